The molecule has 7 heteroatoms. The molecule has 1 aliphatic heterocycles. The average Bonchev–Trinajstić information content (AvgIpc) is 3.15. The molecule has 0 amide bonds. The van der Waals surface area contributed by atoms with E-state index in [-0.39, 0.29) is 36.0 Å². The maximum absolute atomic E-state index is 9.23. The fraction of sp³-hybridized carbons (Fsp3) is 0.667. The van der Waals surface area contributed by atoms with Gasteiger partial charge in [-0.05, 0) is 30.7 Å². The van der Waals surface area contributed by atoms with Gasteiger partial charge in [-0.1, -0.05) is 6.07 Å². The summed E-state index contributed by atoms with van der Waals surface area (Å²) in [7, 11) is 1.78. The van der Waals surface area contributed by atoms with E-state index in [9.17, 15) is 5.11 Å². The standard InChI is InChI=1S/C15H25N3O2S.HI/c1-16-14(17-7-4-13-3-2-10-21-13)18-11-15(5-8-19)6-9-20-12-15;/h2-3,10,19H,4-9,11-12H2,1H3,(H2,16,17,18);1H. The van der Waals surface area contributed by atoms with Crippen molar-refractivity contribution in [3.8, 4) is 0 Å². The van der Waals surface area contributed by atoms with E-state index in [1.807, 2.05) is 0 Å². The fourth-order valence-electron chi connectivity index (χ4n) is 2.56. The lowest BCUT2D eigenvalue weighted by Gasteiger charge is -2.27. The molecule has 0 aliphatic carbocycles. The molecule has 0 bridgehead atoms. The summed E-state index contributed by atoms with van der Waals surface area (Å²) >= 11 is 1.78. The Bertz CT molecular complexity index is 434. The van der Waals surface area contributed by atoms with Gasteiger partial charge in [0.15, 0.2) is 5.96 Å². The van der Waals surface area contributed by atoms with E-state index >= 15 is 0 Å². The SMILES string of the molecule is CN=C(NCCc1cccs1)NCC1(CCO)CCOC1.I. The lowest BCUT2D eigenvalue weighted by Crippen LogP contribution is -2.44. The van der Waals surface area contributed by atoms with Crippen LogP contribution < -0.4 is 10.6 Å². The van der Waals surface area contributed by atoms with E-state index < -0.39 is 0 Å². The molecule has 0 spiro atoms. The van der Waals surface area contributed by atoms with Crippen molar-refractivity contribution < 1.29 is 9.84 Å². The van der Waals surface area contributed by atoms with Crippen molar-refractivity contribution in [1.29, 1.82) is 0 Å². The molecule has 0 saturated carbocycles. The summed E-state index contributed by atoms with van der Waals surface area (Å²) in [6.45, 7) is 3.35. The van der Waals surface area contributed by atoms with Crippen LogP contribution in [0.25, 0.3) is 0 Å². The van der Waals surface area contributed by atoms with Gasteiger partial charge in [-0.3, -0.25) is 4.99 Å². The van der Waals surface area contributed by atoms with Crippen molar-refractivity contribution in [3.05, 3.63) is 22.4 Å². The summed E-state index contributed by atoms with van der Waals surface area (Å²) < 4.78 is 5.50. The van der Waals surface area contributed by atoms with E-state index in [4.69, 9.17) is 4.74 Å². The molecule has 1 aromatic heterocycles. The van der Waals surface area contributed by atoms with Crippen molar-refractivity contribution in [2.24, 2.45) is 10.4 Å². The summed E-state index contributed by atoms with van der Waals surface area (Å²) in [5.74, 6) is 0.816. The Morgan fingerprint density at radius 3 is 2.95 bits per heavy atom. The highest BCUT2D eigenvalue weighted by molar-refractivity contribution is 14.0. The van der Waals surface area contributed by atoms with E-state index in [0.29, 0.717) is 6.61 Å². The number of halogens is 1. The van der Waals surface area contributed by atoms with Crippen LogP contribution in [0.1, 0.15) is 17.7 Å². The third-order valence-corrected chi connectivity index (χ3v) is 4.86. The maximum atomic E-state index is 9.23. The first kappa shape index (κ1) is 19.7. The molecule has 1 aromatic rings. The number of aliphatic hydroxyl groups is 1. The van der Waals surface area contributed by atoms with E-state index in [1.165, 1.54) is 4.88 Å². The topological polar surface area (TPSA) is 65.9 Å². The Morgan fingerprint density at radius 2 is 2.36 bits per heavy atom. The summed E-state index contributed by atoms with van der Waals surface area (Å²) in [6.07, 6.45) is 2.77. The Labute approximate surface area is 153 Å². The smallest absolute Gasteiger partial charge is 0.191 e. The number of guanidine groups is 1. The van der Waals surface area contributed by atoms with E-state index in [1.54, 1.807) is 18.4 Å². The number of rotatable bonds is 7. The lowest BCUT2D eigenvalue weighted by atomic mass is 9.84. The first-order valence-electron chi connectivity index (χ1n) is 7.43. The minimum absolute atomic E-state index is 0. The second-order valence-electron chi connectivity index (χ2n) is 5.46. The molecule has 126 valence electrons. The molecule has 0 radical (unpaired) electrons. The van der Waals surface area contributed by atoms with Gasteiger partial charge in [0.25, 0.3) is 0 Å². The predicted octanol–water partition coefficient (Wildman–Crippen LogP) is 1.86. The highest BCUT2D eigenvalue weighted by Gasteiger charge is 2.34. The van der Waals surface area contributed by atoms with Gasteiger partial charge in [0.1, 0.15) is 0 Å². The molecule has 1 fully saturated rings. The molecule has 1 aliphatic rings. The normalized spacial score (nSPS) is 21.5. The van der Waals surface area contributed by atoms with Crippen LogP contribution in [0, 0.1) is 5.41 Å². The van der Waals surface area contributed by atoms with Crippen molar-refractivity contribution >= 4 is 41.3 Å². The number of nitrogens with zero attached hydrogens (tertiary/aromatic N) is 1. The zero-order valence-electron chi connectivity index (χ0n) is 13.0. The number of thiophene rings is 1. The Morgan fingerprint density at radius 1 is 1.50 bits per heavy atom. The van der Waals surface area contributed by atoms with Crippen molar-refractivity contribution in [1.82, 2.24) is 10.6 Å². The van der Waals surface area contributed by atoms with Crippen LogP contribution in [0.4, 0.5) is 0 Å². The molecule has 0 aromatic carbocycles. The Hall–Kier alpha value is -0.380. The lowest BCUT2D eigenvalue weighted by molar-refractivity contribution is 0.127. The highest BCUT2D eigenvalue weighted by Crippen LogP contribution is 2.31. The van der Waals surface area contributed by atoms with Crippen molar-refractivity contribution in [2.45, 2.75) is 19.3 Å². The summed E-state index contributed by atoms with van der Waals surface area (Å²) in [4.78, 5) is 5.63. The highest BCUT2D eigenvalue weighted by atomic mass is 127. The van der Waals surface area contributed by atoms with Gasteiger partial charge in [-0.2, -0.15) is 0 Å². The number of aliphatic hydroxyl groups excluding tert-OH is 1. The van der Waals surface area contributed by atoms with Crippen molar-refractivity contribution in [3.63, 3.8) is 0 Å². The zero-order valence-corrected chi connectivity index (χ0v) is 16.2. The number of ether oxygens (including phenoxy) is 1. The fourth-order valence-corrected chi connectivity index (χ4v) is 3.27. The molecule has 1 unspecified atom stereocenters. The van der Waals surface area contributed by atoms with Crippen LogP contribution in [0.3, 0.4) is 0 Å². The second kappa shape index (κ2) is 10.4. The third kappa shape index (κ3) is 6.02. The Balaban J connectivity index is 0.00000242. The molecule has 2 rings (SSSR count). The number of nitrogens with one attached hydrogen (secondary N) is 2. The summed E-state index contributed by atoms with van der Waals surface area (Å²) in [5.41, 5.74) is 0.0418. The van der Waals surface area contributed by atoms with Gasteiger partial charge in [0.2, 0.25) is 0 Å². The van der Waals surface area contributed by atoms with Crippen LogP contribution >= 0.6 is 35.3 Å². The van der Waals surface area contributed by atoms with Crippen LogP contribution in [0.15, 0.2) is 22.5 Å². The molecular formula is C15H26IN3O2S. The van der Waals surface area contributed by atoms with E-state index in [0.717, 1.165) is 44.9 Å². The molecule has 5 nitrogen and oxygen atoms in total. The number of hydrogen-bond donors (Lipinski definition) is 3. The molecule has 22 heavy (non-hydrogen) atoms. The molecule has 1 atom stereocenters. The Kier molecular flexibility index (Phi) is 9.30. The quantitative estimate of drug-likeness (QED) is 0.345. The summed E-state index contributed by atoms with van der Waals surface area (Å²) in [5, 5.41) is 18.0. The number of aliphatic imine (C=N–C) groups is 1. The van der Waals surface area contributed by atoms with Gasteiger partial charge >= 0.3 is 0 Å². The van der Waals surface area contributed by atoms with Crippen molar-refractivity contribution in [2.75, 3.05) is 40.0 Å². The van der Waals surface area contributed by atoms with E-state index in [2.05, 4.69) is 33.1 Å². The molecule has 1 saturated heterocycles. The van der Waals surface area contributed by atoms with Crippen LogP contribution in [0.5, 0.6) is 0 Å². The van der Waals surface area contributed by atoms with Gasteiger partial charge in [0, 0.05) is 43.6 Å². The van der Waals surface area contributed by atoms with Gasteiger partial charge in [-0.25, -0.2) is 0 Å². The maximum Gasteiger partial charge on any atom is 0.191 e. The molecular weight excluding hydrogens is 413 g/mol. The van der Waals surface area contributed by atoms with Gasteiger partial charge < -0.3 is 20.5 Å². The first-order valence-corrected chi connectivity index (χ1v) is 8.31. The third-order valence-electron chi connectivity index (χ3n) is 3.93. The van der Waals surface area contributed by atoms with Crippen LogP contribution in [-0.2, 0) is 11.2 Å². The zero-order chi connectivity index (χ0) is 15.0. The van der Waals surface area contributed by atoms with Crippen LogP contribution in [-0.4, -0.2) is 51.0 Å². The number of hydrogen-bond acceptors (Lipinski definition) is 4. The molecule has 3 N–H and O–H groups in total. The minimum Gasteiger partial charge on any atom is -0.396 e. The van der Waals surface area contributed by atoms with Gasteiger partial charge in [-0.15, -0.1) is 35.3 Å². The van der Waals surface area contributed by atoms with Crippen LogP contribution in [0.2, 0.25) is 0 Å². The predicted molar refractivity (Wildman–Crippen MR) is 102 cm³/mol. The molecule has 2 heterocycles. The minimum atomic E-state index is 0. The first-order chi connectivity index (χ1) is 10.3. The largest absolute Gasteiger partial charge is 0.396 e. The van der Waals surface area contributed by atoms with Gasteiger partial charge in [0.05, 0.1) is 6.61 Å². The monoisotopic (exact) mass is 439 g/mol. The summed E-state index contributed by atoms with van der Waals surface area (Å²) in [6, 6.07) is 4.22. The second-order valence-corrected chi connectivity index (χ2v) is 6.49. The average molecular weight is 439 g/mol.